The molecule has 364 valence electrons. The molecule has 4 saturated heterocycles. The van der Waals surface area contributed by atoms with Crippen LogP contribution in [0.2, 0.25) is 0 Å². The van der Waals surface area contributed by atoms with Crippen LogP contribution in [0, 0.1) is 23.7 Å². The monoisotopic (exact) mass is 914 g/mol. The maximum absolute atomic E-state index is 14.4. The van der Waals surface area contributed by atoms with Gasteiger partial charge in [-0.05, 0) is 62.8 Å². The maximum Gasteiger partial charge on any atom is 0.316 e. The molecule has 2 bridgehead atoms. The van der Waals surface area contributed by atoms with Crippen molar-refractivity contribution in [1.82, 2.24) is 5.32 Å². The number of hydrogen-bond donors (Lipinski definition) is 3. The highest BCUT2D eigenvalue weighted by atomic mass is 16.7. The van der Waals surface area contributed by atoms with Crippen LogP contribution in [-0.2, 0) is 57.0 Å². The summed E-state index contributed by atoms with van der Waals surface area (Å²) in [6, 6.07) is -0.315. The second-order valence-electron chi connectivity index (χ2n) is 19.7. The van der Waals surface area contributed by atoms with Gasteiger partial charge in [-0.3, -0.25) is 9.59 Å². The van der Waals surface area contributed by atoms with E-state index in [9.17, 15) is 19.8 Å². The van der Waals surface area contributed by atoms with E-state index < -0.39 is 84.7 Å². The normalized spacial score (nSPS) is 47.3. The number of ether oxygens (including phenoxy) is 10. The van der Waals surface area contributed by atoms with Gasteiger partial charge in [0.1, 0.15) is 35.9 Å². The van der Waals surface area contributed by atoms with Gasteiger partial charge >= 0.3 is 5.97 Å². The standard InChI is InChI=1S/C50H75NO14/c1-12-26(2)45-29(5)18-19-49(65-45)24-36-21-35(64-49)17-16-28(4)44(27(3)14-13-15-34-25-58-47-43(53)30(6)20-37(48(54)61-36)50(34,47)55)62-41-23-39(57-11)46(32(8)60-41)63-40-22-38(56-10)42(31(7)59-40)51-33(9)52/h13-16,18-20,26-27,29,31-32,35-47,53,55H,12,17,21-25H2,1-11H3,(H,51,52)/b14-13-,28-16-,34-15-. The molecule has 0 saturated carbocycles. The number of amides is 1. The first-order chi connectivity index (χ1) is 30.9. The van der Waals surface area contributed by atoms with Gasteiger partial charge in [0.25, 0.3) is 0 Å². The minimum Gasteiger partial charge on any atom is -0.462 e. The summed E-state index contributed by atoms with van der Waals surface area (Å²) in [4.78, 5) is 26.3. The topological polar surface area (TPSA) is 179 Å². The lowest BCUT2D eigenvalue weighted by Crippen LogP contribution is -2.58. The molecule has 0 aromatic carbocycles. The van der Waals surface area contributed by atoms with Crippen LogP contribution in [0.4, 0.5) is 0 Å². The number of rotatable bonds is 9. The van der Waals surface area contributed by atoms with Crippen LogP contribution in [0.1, 0.15) is 101 Å². The second kappa shape index (κ2) is 20.8. The molecule has 7 rings (SSSR count). The predicted octanol–water partition coefficient (Wildman–Crippen LogP) is 5.52. The molecule has 1 amide bonds. The fraction of sp³-hybridized carbons (Fsp3) is 0.760. The first-order valence-electron chi connectivity index (χ1n) is 23.8. The third-order valence-corrected chi connectivity index (χ3v) is 14.9. The summed E-state index contributed by atoms with van der Waals surface area (Å²) < 4.78 is 64.4. The number of nitrogens with one attached hydrogen (secondary N) is 1. The molecule has 0 aromatic rings. The number of carbonyl (C=O) groups is 2. The molecule has 7 aliphatic rings. The van der Waals surface area contributed by atoms with Crippen LogP contribution < -0.4 is 5.32 Å². The van der Waals surface area contributed by atoms with Crippen LogP contribution in [0.3, 0.4) is 0 Å². The highest BCUT2D eigenvalue weighted by Crippen LogP contribution is 2.47. The van der Waals surface area contributed by atoms with Gasteiger partial charge in [-0.15, -0.1) is 0 Å². The van der Waals surface area contributed by atoms with Gasteiger partial charge in [-0.2, -0.15) is 0 Å². The second-order valence-corrected chi connectivity index (χ2v) is 19.7. The molecule has 6 heterocycles. The van der Waals surface area contributed by atoms with Gasteiger partial charge in [-0.1, -0.05) is 70.6 Å². The van der Waals surface area contributed by atoms with E-state index in [1.807, 2.05) is 39.0 Å². The zero-order chi connectivity index (χ0) is 47.0. The Kier molecular flexibility index (Phi) is 16.0. The van der Waals surface area contributed by atoms with Crippen molar-refractivity contribution in [2.24, 2.45) is 23.7 Å². The van der Waals surface area contributed by atoms with E-state index in [2.05, 4.69) is 45.2 Å². The number of fused-ring (bicyclic) bond motifs is 2. The van der Waals surface area contributed by atoms with Crippen molar-refractivity contribution in [2.75, 3.05) is 20.8 Å². The Morgan fingerprint density at radius 1 is 0.938 bits per heavy atom. The molecular formula is C50H75NO14. The van der Waals surface area contributed by atoms with Crippen molar-refractivity contribution < 1.29 is 67.2 Å². The van der Waals surface area contributed by atoms with Gasteiger partial charge in [0.2, 0.25) is 5.91 Å². The van der Waals surface area contributed by atoms with Crippen LogP contribution in [0.25, 0.3) is 0 Å². The molecule has 0 aromatic heterocycles. The fourth-order valence-electron chi connectivity index (χ4n) is 11.0. The van der Waals surface area contributed by atoms with E-state index >= 15 is 0 Å². The van der Waals surface area contributed by atoms with E-state index in [0.29, 0.717) is 36.8 Å². The molecule has 15 nitrogen and oxygen atoms in total. The molecule has 4 fully saturated rings. The number of hydrogen-bond acceptors (Lipinski definition) is 14. The van der Waals surface area contributed by atoms with E-state index in [1.165, 1.54) is 6.92 Å². The Morgan fingerprint density at radius 2 is 1.65 bits per heavy atom. The summed E-state index contributed by atoms with van der Waals surface area (Å²) in [5, 5.41) is 26.7. The fourth-order valence-corrected chi connectivity index (χ4v) is 11.0. The van der Waals surface area contributed by atoms with Crippen molar-refractivity contribution in [1.29, 1.82) is 0 Å². The summed E-state index contributed by atoms with van der Waals surface area (Å²) in [6.45, 7) is 17.7. The highest BCUT2D eigenvalue weighted by molar-refractivity contribution is 5.78. The lowest BCUT2D eigenvalue weighted by Gasteiger charge is -2.48. The maximum atomic E-state index is 14.4. The van der Waals surface area contributed by atoms with Crippen LogP contribution in [0.5, 0.6) is 0 Å². The molecule has 65 heavy (non-hydrogen) atoms. The van der Waals surface area contributed by atoms with Crippen molar-refractivity contribution in [3.05, 3.63) is 59.3 Å². The van der Waals surface area contributed by atoms with E-state index in [0.717, 1.165) is 12.0 Å². The van der Waals surface area contributed by atoms with Gasteiger partial charge in [-0.25, -0.2) is 0 Å². The van der Waals surface area contributed by atoms with Crippen molar-refractivity contribution in [3.63, 3.8) is 0 Å². The van der Waals surface area contributed by atoms with Gasteiger partial charge in [0, 0.05) is 58.7 Å². The first-order valence-corrected chi connectivity index (χ1v) is 23.8. The number of carbonyl (C=O) groups excluding carboxylic acids is 2. The summed E-state index contributed by atoms with van der Waals surface area (Å²) in [5.74, 6) is -2.75. The molecule has 1 spiro atoms. The molecule has 0 radical (unpaired) electrons. The molecular weight excluding hydrogens is 839 g/mol. The van der Waals surface area contributed by atoms with Crippen LogP contribution >= 0.6 is 0 Å². The lowest BCUT2D eigenvalue weighted by molar-refractivity contribution is -0.311. The largest absolute Gasteiger partial charge is 0.462 e. The number of aliphatic hydroxyl groups is 2. The Balaban J connectivity index is 1.16. The minimum absolute atomic E-state index is 0.0270. The van der Waals surface area contributed by atoms with Crippen molar-refractivity contribution in [2.45, 2.75) is 198 Å². The quantitative estimate of drug-likeness (QED) is 0.195. The van der Waals surface area contributed by atoms with E-state index in [1.54, 1.807) is 33.3 Å². The molecule has 20 unspecified atom stereocenters. The third kappa shape index (κ3) is 10.6. The smallest absolute Gasteiger partial charge is 0.316 e. The molecule has 3 N–H and O–H groups in total. The van der Waals surface area contributed by atoms with Crippen molar-refractivity contribution >= 4 is 11.9 Å². The SMILES string of the molecule is CCC(C)C1OC2(C=CC1C)CC1CC(C/C=C(/C)C(OC3CC(OC)C(OC4CC(OC)C(NC(C)=O)C(C)O4)C(C)O3)C(C)/C=C\C=C3\COC4C(O)C(C)=CC(C(=O)O1)C34O)O2. The van der Waals surface area contributed by atoms with Gasteiger partial charge in [0.05, 0.1) is 55.4 Å². The third-order valence-electron chi connectivity index (χ3n) is 14.9. The average Bonchev–Trinajstić information content (AvgIpc) is 3.61. The molecule has 6 aliphatic heterocycles. The molecule has 1 aliphatic carbocycles. The van der Waals surface area contributed by atoms with Gasteiger partial charge in [0.15, 0.2) is 18.4 Å². The van der Waals surface area contributed by atoms with Crippen molar-refractivity contribution in [3.8, 4) is 0 Å². The van der Waals surface area contributed by atoms with Gasteiger partial charge < -0.3 is 62.9 Å². The van der Waals surface area contributed by atoms with E-state index in [-0.39, 0.29) is 61.0 Å². The number of methoxy groups -OCH3 is 2. The zero-order valence-electron chi connectivity index (χ0n) is 40.2. The predicted molar refractivity (Wildman–Crippen MR) is 239 cm³/mol. The molecule has 15 heteroatoms. The number of allylic oxidation sites excluding steroid dienone is 2. The number of aliphatic hydroxyl groups excluding tert-OH is 1. The number of esters is 1. The van der Waals surface area contributed by atoms with E-state index in [4.69, 9.17) is 47.4 Å². The Hall–Kier alpha value is -2.80. The minimum atomic E-state index is -1.84. The summed E-state index contributed by atoms with van der Waals surface area (Å²) >= 11 is 0. The average molecular weight is 914 g/mol. The Bertz CT molecular complexity index is 1850. The van der Waals surface area contributed by atoms with Crippen LogP contribution in [0.15, 0.2) is 59.3 Å². The first kappa shape index (κ1) is 50.1. The Morgan fingerprint density at radius 3 is 2.35 bits per heavy atom. The van der Waals surface area contributed by atoms with Crippen LogP contribution in [-0.4, -0.2) is 140 Å². The highest BCUT2D eigenvalue weighted by Gasteiger charge is 2.60. The zero-order valence-corrected chi connectivity index (χ0v) is 40.2. The summed E-state index contributed by atoms with van der Waals surface area (Å²) in [6.07, 6.45) is 9.46. The lowest BCUT2D eigenvalue weighted by atomic mass is 9.71. The Labute approximate surface area is 385 Å². The summed E-state index contributed by atoms with van der Waals surface area (Å²) in [5.41, 5.74) is 0.116. The molecule has 20 atom stereocenters. The summed E-state index contributed by atoms with van der Waals surface area (Å²) in [7, 11) is 3.27.